The lowest BCUT2D eigenvalue weighted by Gasteiger charge is -2.21. The summed E-state index contributed by atoms with van der Waals surface area (Å²) in [6.07, 6.45) is 1.99. The second-order valence-corrected chi connectivity index (χ2v) is 9.21. The Morgan fingerprint density at radius 3 is 2.19 bits per heavy atom. The van der Waals surface area contributed by atoms with Crippen LogP contribution in [0.15, 0.2) is 58.3 Å². The van der Waals surface area contributed by atoms with Crippen LogP contribution in [0.2, 0.25) is 0 Å². The molecule has 0 radical (unpaired) electrons. The summed E-state index contributed by atoms with van der Waals surface area (Å²) in [5.74, 6) is -0.841. The average molecular weight is 408 g/mol. The molecule has 0 bridgehead atoms. The van der Waals surface area contributed by atoms with Gasteiger partial charge in [0.1, 0.15) is 12.6 Å². The molecule has 0 aliphatic carbocycles. The van der Waals surface area contributed by atoms with Crippen LogP contribution in [-0.4, -0.2) is 26.7 Å². The topological polar surface area (TPSA) is 72.5 Å². The summed E-state index contributed by atoms with van der Waals surface area (Å²) in [5, 5.41) is 0. The number of thioether (sulfide) groups is 1. The van der Waals surface area contributed by atoms with Gasteiger partial charge in [-0.15, -0.1) is 11.8 Å². The molecule has 0 unspecified atom stereocenters. The first-order valence-corrected chi connectivity index (χ1v) is 11.3. The molecule has 0 aliphatic rings. The number of rotatable bonds is 8. The minimum absolute atomic E-state index is 0.100. The van der Waals surface area contributed by atoms with E-state index in [-0.39, 0.29) is 17.4 Å². The molecule has 0 amide bonds. The van der Waals surface area contributed by atoms with Crippen molar-refractivity contribution >= 4 is 27.8 Å². The van der Waals surface area contributed by atoms with Gasteiger partial charge in [-0.25, -0.2) is 8.42 Å². The van der Waals surface area contributed by atoms with Crippen molar-refractivity contribution in [2.45, 2.75) is 43.2 Å². The lowest BCUT2D eigenvalue weighted by molar-refractivity contribution is -0.148. The van der Waals surface area contributed by atoms with Crippen LogP contribution in [-0.2, 0) is 26.2 Å². The molecule has 146 valence electrons. The zero-order valence-corrected chi connectivity index (χ0v) is 17.6. The van der Waals surface area contributed by atoms with E-state index in [0.717, 1.165) is 16.0 Å². The summed E-state index contributed by atoms with van der Waals surface area (Å²) in [4.78, 5) is 13.7. The smallest absolute Gasteiger partial charge is 0.324 e. The summed E-state index contributed by atoms with van der Waals surface area (Å²) in [5.41, 5.74) is 1.81. The highest BCUT2D eigenvalue weighted by molar-refractivity contribution is 7.98. The second-order valence-electron chi connectivity index (χ2n) is 6.61. The van der Waals surface area contributed by atoms with E-state index in [1.54, 1.807) is 37.7 Å². The number of benzene rings is 2. The fourth-order valence-corrected chi connectivity index (χ4v) is 4.12. The quantitative estimate of drug-likeness (QED) is 0.533. The van der Waals surface area contributed by atoms with Gasteiger partial charge in [-0.3, -0.25) is 4.79 Å². The first kappa shape index (κ1) is 21.5. The van der Waals surface area contributed by atoms with Crippen molar-refractivity contribution in [1.82, 2.24) is 4.72 Å². The summed E-state index contributed by atoms with van der Waals surface area (Å²) < 4.78 is 33.0. The van der Waals surface area contributed by atoms with Crippen LogP contribution in [0.1, 0.15) is 25.0 Å². The Balaban J connectivity index is 2.06. The number of sulfonamides is 1. The number of nitrogens with one attached hydrogen (secondary N) is 1. The van der Waals surface area contributed by atoms with E-state index >= 15 is 0 Å². The standard InChI is InChI=1S/C20H25NO4S2/c1-14(2)19(21-27(23,24)18-11-5-15(3)6-12-18)20(22)25-13-16-7-9-17(26-4)10-8-16/h5-12,14,19,21H,13H2,1-4H3/t19-/m0/s1. The number of ether oxygens (including phenoxy) is 1. The molecule has 0 aromatic heterocycles. The van der Waals surface area contributed by atoms with Crippen LogP contribution >= 0.6 is 11.8 Å². The lowest BCUT2D eigenvalue weighted by Crippen LogP contribution is -2.45. The van der Waals surface area contributed by atoms with Crippen LogP contribution in [0.4, 0.5) is 0 Å². The average Bonchev–Trinajstić information content (AvgIpc) is 2.64. The highest BCUT2D eigenvalue weighted by atomic mass is 32.2. The lowest BCUT2D eigenvalue weighted by atomic mass is 10.1. The number of hydrogen-bond acceptors (Lipinski definition) is 5. The van der Waals surface area contributed by atoms with Gasteiger partial charge in [0.25, 0.3) is 0 Å². The van der Waals surface area contributed by atoms with Gasteiger partial charge in [0, 0.05) is 4.90 Å². The number of hydrogen-bond donors (Lipinski definition) is 1. The molecule has 0 heterocycles. The fourth-order valence-electron chi connectivity index (χ4n) is 2.37. The molecule has 2 aromatic carbocycles. The van der Waals surface area contributed by atoms with E-state index < -0.39 is 22.0 Å². The van der Waals surface area contributed by atoms with Gasteiger partial charge < -0.3 is 4.74 Å². The molecule has 7 heteroatoms. The Morgan fingerprint density at radius 1 is 1.07 bits per heavy atom. The van der Waals surface area contributed by atoms with E-state index in [1.165, 1.54) is 12.1 Å². The molecule has 0 saturated heterocycles. The van der Waals surface area contributed by atoms with E-state index in [2.05, 4.69) is 4.72 Å². The number of aryl methyl sites for hydroxylation is 1. The molecule has 2 aromatic rings. The van der Waals surface area contributed by atoms with Gasteiger partial charge in [-0.1, -0.05) is 43.7 Å². The Morgan fingerprint density at radius 2 is 1.67 bits per heavy atom. The molecule has 2 rings (SSSR count). The zero-order chi connectivity index (χ0) is 20.0. The second kappa shape index (κ2) is 9.39. The summed E-state index contributed by atoms with van der Waals surface area (Å²) in [6, 6.07) is 13.2. The summed E-state index contributed by atoms with van der Waals surface area (Å²) in [6.45, 7) is 5.53. The third-order valence-electron chi connectivity index (χ3n) is 4.07. The zero-order valence-electron chi connectivity index (χ0n) is 15.9. The highest BCUT2D eigenvalue weighted by Gasteiger charge is 2.29. The normalized spacial score (nSPS) is 12.8. The van der Waals surface area contributed by atoms with Crippen LogP contribution in [0, 0.1) is 12.8 Å². The molecule has 0 saturated carbocycles. The first-order valence-electron chi connectivity index (χ1n) is 8.61. The summed E-state index contributed by atoms with van der Waals surface area (Å²) in [7, 11) is -3.81. The van der Waals surface area contributed by atoms with Crippen LogP contribution in [0.3, 0.4) is 0 Å². The van der Waals surface area contributed by atoms with Gasteiger partial charge in [0.2, 0.25) is 10.0 Å². The van der Waals surface area contributed by atoms with Gasteiger partial charge in [-0.05, 0) is 48.9 Å². The minimum Gasteiger partial charge on any atom is -0.460 e. The monoisotopic (exact) mass is 407 g/mol. The summed E-state index contributed by atoms with van der Waals surface area (Å²) >= 11 is 1.63. The molecule has 1 atom stereocenters. The van der Waals surface area contributed by atoms with Crippen molar-refractivity contribution in [1.29, 1.82) is 0 Å². The molecule has 5 nitrogen and oxygen atoms in total. The Hall–Kier alpha value is -1.83. The van der Waals surface area contributed by atoms with Crippen LogP contribution in [0.5, 0.6) is 0 Å². The molecule has 1 N–H and O–H groups in total. The number of carbonyl (C=O) groups is 1. The number of carbonyl (C=O) groups excluding carboxylic acids is 1. The van der Waals surface area contributed by atoms with Gasteiger partial charge in [0.05, 0.1) is 4.90 Å². The van der Waals surface area contributed by atoms with Crippen LogP contribution in [0.25, 0.3) is 0 Å². The third kappa shape index (κ3) is 6.09. The molecular formula is C20H25NO4S2. The van der Waals surface area contributed by atoms with Crippen molar-refractivity contribution in [2.24, 2.45) is 5.92 Å². The highest BCUT2D eigenvalue weighted by Crippen LogP contribution is 2.17. The van der Waals surface area contributed by atoms with Crippen molar-refractivity contribution in [3.8, 4) is 0 Å². The van der Waals surface area contributed by atoms with E-state index in [4.69, 9.17) is 4.74 Å². The first-order chi connectivity index (χ1) is 12.7. The molecular weight excluding hydrogens is 382 g/mol. The van der Waals surface area contributed by atoms with Crippen molar-refractivity contribution in [2.75, 3.05) is 6.26 Å². The van der Waals surface area contributed by atoms with Crippen LogP contribution < -0.4 is 4.72 Å². The van der Waals surface area contributed by atoms with E-state index in [0.29, 0.717) is 0 Å². The SMILES string of the molecule is CSc1ccc(COC(=O)[C@@H](NS(=O)(=O)c2ccc(C)cc2)C(C)C)cc1. The predicted molar refractivity (Wildman–Crippen MR) is 108 cm³/mol. The van der Waals surface area contributed by atoms with E-state index in [1.807, 2.05) is 37.4 Å². The molecule has 27 heavy (non-hydrogen) atoms. The van der Waals surface area contributed by atoms with Gasteiger partial charge >= 0.3 is 5.97 Å². The van der Waals surface area contributed by atoms with Gasteiger partial charge in [-0.2, -0.15) is 4.72 Å². The molecule has 0 spiro atoms. The van der Waals surface area contributed by atoms with Crippen molar-refractivity contribution in [3.63, 3.8) is 0 Å². The Labute approximate surface area is 165 Å². The fraction of sp³-hybridized carbons (Fsp3) is 0.350. The largest absolute Gasteiger partial charge is 0.460 e. The Bertz CT molecular complexity index is 860. The molecule has 0 aliphatic heterocycles. The predicted octanol–water partition coefficient (Wildman–Crippen LogP) is 3.76. The van der Waals surface area contributed by atoms with Crippen molar-refractivity contribution < 1.29 is 17.9 Å². The maximum Gasteiger partial charge on any atom is 0.324 e. The Kier molecular flexibility index (Phi) is 7.47. The van der Waals surface area contributed by atoms with Gasteiger partial charge in [0.15, 0.2) is 0 Å². The third-order valence-corrected chi connectivity index (χ3v) is 6.27. The number of esters is 1. The maximum absolute atomic E-state index is 12.6. The molecule has 0 fully saturated rings. The maximum atomic E-state index is 12.6. The van der Waals surface area contributed by atoms with Crippen molar-refractivity contribution in [3.05, 3.63) is 59.7 Å². The van der Waals surface area contributed by atoms with E-state index in [9.17, 15) is 13.2 Å². The minimum atomic E-state index is -3.81.